The van der Waals surface area contributed by atoms with Gasteiger partial charge in [-0.3, -0.25) is 9.69 Å². The lowest BCUT2D eigenvalue weighted by Gasteiger charge is -2.30. The molecule has 0 bridgehead atoms. The van der Waals surface area contributed by atoms with Crippen molar-refractivity contribution in [3.05, 3.63) is 48.2 Å². The lowest BCUT2D eigenvalue weighted by molar-refractivity contribution is -0.115. The molecule has 6 heteroatoms. The predicted molar refractivity (Wildman–Crippen MR) is 96.2 cm³/mol. The number of benzene rings is 1. The zero-order valence-electron chi connectivity index (χ0n) is 14.0. The van der Waals surface area contributed by atoms with Crippen LogP contribution in [0, 0.1) is 0 Å². The molecule has 1 aliphatic heterocycles. The van der Waals surface area contributed by atoms with Crippen LogP contribution in [0.15, 0.2) is 47.0 Å². The smallest absolute Gasteiger partial charge is 0.265 e. The van der Waals surface area contributed by atoms with Gasteiger partial charge in [0.1, 0.15) is 12.1 Å². The maximum Gasteiger partial charge on any atom is 0.265 e. The number of hydrogen-bond acceptors (Lipinski definition) is 4. The molecule has 1 aromatic carbocycles. The largest absolute Gasteiger partial charge is 0.390 e. The molecule has 0 aliphatic carbocycles. The van der Waals surface area contributed by atoms with Crippen molar-refractivity contribution in [1.82, 2.24) is 10.2 Å². The number of hydrogen-bond donors (Lipinski definition) is 2. The number of rotatable bonds is 7. The Morgan fingerprint density at radius 3 is 2.96 bits per heavy atom. The fraction of sp³-hybridized carbons (Fsp3) is 0.389. The highest BCUT2D eigenvalue weighted by Crippen LogP contribution is 2.18. The fourth-order valence-corrected chi connectivity index (χ4v) is 2.64. The summed E-state index contributed by atoms with van der Waals surface area (Å²) in [6.45, 7) is 7.50. The molecule has 1 atom stereocenters. The third kappa shape index (κ3) is 5.40. The third-order valence-electron chi connectivity index (χ3n) is 3.93. The fourth-order valence-electron chi connectivity index (χ4n) is 2.64. The van der Waals surface area contributed by atoms with Crippen LogP contribution in [0.4, 0.5) is 0 Å². The molecule has 1 heterocycles. The van der Waals surface area contributed by atoms with Crippen molar-refractivity contribution >= 4 is 18.0 Å². The van der Waals surface area contributed by atoms with E-state index < -0.39 is 6.10 Å². The molecule has 0 radical (unpaired) electrons. The lowest BCUT2D eigenvalue weighted by Crippen LogP contribution is -2.43. The van der Waals surface area contributed by atoms with Gasteiger partial charge in [0.2, 0.25) is 0 Å². The van der Waals surface area contributed by atoms with Crippen molar-refractivity contribution in [2.24, 2.45) is 9.98 Å². The number of β-amino-alcohol motifs (C(OH)–C–C–N with tert-alkyl or cyclic N) is 1. The van der Waals surface area contributed by atoms with Gasteiger partial charge in [-0.25, -0.2) is 9.98 Å². The van der Waals surface area contributed by atoms with Gasteiger partial charge in [0.15, 0.2) is 0 Å². The van der Waals surface area contributed by atoms with E-state index in [0.29, 0.717) is 12.3 Å². The normalized spacial score (nSPS) is 16.7. The summed E-state index contributed by atoms with van der Waals surface area (Å²) in [5.74, 6) is -0.312. The van der Waals surface area contributed by atoms with Crippen LogP contribution in [0.5, 0.6) is 0 Å². The van der Waals surface area contributed by atoms with Gasteiger partial charge in [0.25, 0.3) is 5.91 Å². The second-order valence-electron chi connectivity index (χ2n) is 5.78. The molecule has 1 unspecified atom stereocenters. The van der Waals surface area contributed by atoms with Gasteiger partial charge in [-0.2, -0.15) is 0 Å². The Hall–Kier alpha value is -2.31. The Morgan fingerprint density at radius 2 is 2.21 bits per heavy atom. The van der Waals surface area contributed by atoms with Crippen molar-refractivity contribution in [2.75, 3.05) is 19.6 Å². The summed E-state index contributed by atoms with van der Waals surface area (Å²) in [6.07, 6.45) is 2.98. The number of nitrogens with zero attached hydrogens (tertiary/aromatic N) is 3. The van der Waals surface area contributed by atoms with E-state index in [1.807, 2.05) is 6.07 Å². The maximum atomic E-state index is 11.8. The molecule has 1 aliphatic rings. The van der Waals surface area contributed by atoms with Gasteiger partial charge >= 0.3 is 0 Å². The Kier molecular flexibility index (Phi) is 6.84. The van der Waals surface area contributed by atoms with Crippen LogP contribution in [-0.4, -0.2) is 53.7 Å². The van der Waals surface area contributed by atoms with Crippen LogP contribution < -0.4 is 5.32 Å². The number of amides is 1. The van der Waals surface area contributed by atoms with Crippen LogP contribution >= 0.6 is 0 Å². The van der Waals surface area contributed by atoms with E-state index in [4.69, 9.17) is 0 Å². The van der Waals surface area contributed by atoms with Crippen molar-refractivity contribution in [1.29, 1.82) is 0 Å². The summed E-state index contributed by atoms with van der Waals surface area (Å²) in [7, 11) is 0. The number of aliphatic hydroxyl groups is 1. The first-order chi connectivity index (χ1) is 11.6. The van der Waals surface area contributed by atoms with E-state index in [2.05, 4.69) is 45.0 Å². The molecule has 0 fully saturated rings. The number of aliphatic imine (C=N–C) groups is 2. The minimum Gasteiger partial charge on any atom is -0.390 e. The molecule has 128 valence electrons. The molecule has 0 aromatic heterocycles. The summed E-state index contributed by atoms with van der Waals surface area (Å²) in [6, 6.07) is 8.38. The first-order valence-corrected chi connectivity index (χ1v) is 8.02. The number of nitrogens with one attached hydrogen (secondary N) is 1. The Balaban J connectivity index is 1.77. The van der Waals surface area contributed by atoms with E-state index in [9.17, 15) is 9.90 Å². The van der Waals surface area contributed by atoms with Crippen LogP contribution in [0.2, 0.25) is 0 Å². The zero-order valence-corrected chi connectivity index (χ0v) is 14.0. The summed E-state index contributed by atoms with van der Waals surface area (Å²) >= 11 is 0. The Labute approximate surface area is 142 Å². The molecular weight excluding hydrogens is 304 g/mol. The van der Waals surface area contributed by atoms with E-state index in [-0.39, 0.29) is 12.5 Å². The topological polar surface area (TPSA) is 77.3 Å². The molecule has 1 amide bonds. The average Bonchev–Trinajstić information content (AvgIpc) is 2.59. The monoisotopic (exact) mass is 328 g/mol. The van der Waals surface area contributed by atoms with Crippen molar-refractivity contribution < 1.29 is 9.90 Å². The molecule has 24 heavy (non-hydrogen) atoms. The van der Waals surface area contributed by atoms with E-state index in [1.165, 1.54) is 23.7 Å². The van der Waals surface area contributed by atoms with E-state index >= 15 is 0 Å². The molecule has 2 N–H and O–H groups in total. The number of fused-ring (bicyclic) bond motifs is 1. The van der Waals surface area contributed by atoms with E-state index in [1.54, 1.807) is 6.92 Å². The summed E-state index contributed by atoms with van der Waals surface area (Å²) in [4.78, 5) is 21.6. The molecule has 0 saturated heterocycles. The molecule has 2 rings (SSSR count). The molecule has 0 spiro atoms. The quantitative estimate of drug-likeness (QED) is 0.582. The summed E-state index contributed by atoms with van der Waals surface area (Å²) < 4.78 is 0. The molecular formula is C18H24N4O2. The lowest BCUT2D eigenvalue weighted by atomic mass is 10.00. The minimum absolute atomic E-state index is 0.197. The number of carbonyl (C=O) groups excluding carboxylic acids is 1. The second kappa shape index (κ2) is 9.10. The van der Waals surface area contributed by atoms with Crippen molar-refractivity contribution in [3.63, 3.8) is 0 Å². The summed E-state index contributed by atoms with van der Waals surface area (Å²) in [5.41, 5.74) is 2.98. The molecule has 6 nitrogen and oxygen atoms in total. The average molecular weight is 328 g/mol. The Morgan fingerprint density at radius 1 is 1.46 bits per heavy atom. The highest BCUT2D eigenvalue weighted by Gasteiger charge is 2.18. The number of aliphatic hydroxyl groups excluding tert-OH is 1. The van der Waals surface area contributed by atoms with Crippen LogP contribution in [0.3, 0.4) is 0 Å². The minimum atomic E-state index is -0.617. The van der Waals surface area contributed by atoms with Gasteiger partial charge in [-0.1, -0.05) is 30.8 Å². The van der Waals surface area contributed by atoms with Crippen LogP contribution in [0.25, 0.3) is 0 Å². The second-order valence-corrected chi connectivity index (χ2v) is 5.78. The SMILES string of the molecule is C=C/N=C\N=C(/C)C(=O)NCC(O)CN1CCc2ccccc2C1. The standard InChI is InChI=1S/C18H24N4O2/c1-3-19-13-21-14(2)18(24)20-10-17(23)12-22-9-8-15-6-4-5-7-16(15)11-22/h3-7,13,17,23H,1,8-12H2,2H3,(H,20,24)/b19-13-,21-14+. The van der Waals surface area contributed by atoms with Crippen LogP contribution in [0.1, 0.15) is 18.1 Å². The highest BCUT2D eigenvalue weighted by molar-refractivity contribution is 6.39. The Bertz CT molecular complexity index is 640. The molecule has 0 saturated carbocycles. The first-order valence-electron chi connectivity index (χ1n) is 8.02. The predicted octanol–water partition coefficient (Wildman–Crippen LogP) is 1.15. The van der Waals surface area contributed by atoms with Gasteiger partial charge < -0.3 is 10.4 Å². The number of carbonyl (C=O) groups is 1. The first kappa shape index (κ1) is 18.0. The van der Waals surface area contributed by atoms with Crippen LogP contribution in [-0.2, 0) is 17.8 Å². The highest BCUT2D eigenvalue weighted by atomic mass is 16.3. The zero-order chi connectivity index (χ0) is 17.4. The van der Waals surface area contributed by atoms with Gasteiger partial charge in [0, 0.05) is 32.4 Å². The van der Waals surface area contributed by atoms with Crippen molar-refractivity contribution in [2.45, 2.75) is 26.0 Å². The maximum absolute atomic E-state index is 11.8. The van der Waals surface area contributed by atoms with Gasteiger partial charge in [-0.05, 0) is 24.5 Å². The van der Waals surface area contributed by atoms with Crippen molar-refractivity contribution in [3.8, 4) is 0 Å². The third-order valence-corrected chi connectivity index (χ3v) is 3.93. The van der Waals surface area contributed by atoms with Gasteiger partial charge in [-0.15, -0.1) is 0 Å². The summed E-state index contributed by atoms with van der Waals surface area (Å²) in [5, 5.41) is 12.8. The molecule has 1 aromatic rings. The van der Waals surface area contributed by atoms with Gasteiger partial charge in [0.05, 0.1) is 6.10 Å². The van der Waals surface area contributed by atoms with E-state index in [0.717, 1.165) is 19.5 Å².